The third-order valence-electron chi connectivity index (χ3n) is 7.12. The number of hydrogen-bond acceptors (Lipinski definition) is 5. The van der Waals surface area contributed by atoms with Crippen LogP contribution >= 0.6 is 15.2 Å². The van der Waals surface area contributed by atoms with Crippen LogP contribution in [-0.4, -0.2) is 25.6 Å². The molecule has 0 bridgehead atoms. The Morgan fingerprint density at radius 3 is 1.60 bits per heavy atom. The highest BCUT2D eigenvalue weighted by molar-refractivity contribution is 7.59. The molecule has 7 nitrogen and oxygen atoms in total. The van der Waals surface area contributed by atoms with E-state index in [-0.39, 0.29) is 19.4 Å². The fraction of sp³-hybridized carbons (Fsp3) is 0.308. The van der Waals surface area contributed by atoms with Gasteiger partial charge in [-0.3, -0.25) is 13.7 Å². The highest BCUT2D eigenvalue weighted by Gasteiger charge is 2.80. The lowest BCUT2D eigenvalue weighted by atomic mass is 9.68. The zero-order valence-corrected chi connectivity index (χ0v) is 21.4. The van der Waals surface area contributed by atoms with E-state index in [0.29, 0.717) is 16.7 Å². The monoisotopic (exact) mass is 516 g/mol. The maximum absolute atomic E-state index is 14.3. The smallest absolute Gasteiger partial charge is 0.363 e. The van der Waals surface area contributed by atoms with Gasteiger partial charge in [-0.15, -0.1) is 0 Å². The summed E-state index contributed by atoms with van der Waals surface area (Å²) in [6.45, 7) is 2.39. The first-order chi connectivity index (χ1) is 16.4. The van der Waals surface area contributed by atoms with Gasteiger partial charge in [0.25, 0.3) is 0 Å². The van der Waals surface area contributed by atoms with Crippen LogP contribution in [0.2, 0.25) is 0 Å². The van der Waals surface area contributed by atoms with Crippen molar-refractivity contribution in [1.29, 1.82) is 0 Å². The normalized spacial score (nSPS) is 28.1. The SMILES string of the molecule is CC1(P(=O)(O)O)OP(=O)(OCc2ccccc2)C(C)(O)C1(Cc1ccccc1)Cc1ccccc1. The number of hydrogen-bond donors (Lipinski definition) is 3. The Morgan fingerprint density at radius 2 is 1.20 bits per heavy atom. The van der Waals surface area contributed by atoms with Crippen LogP contribution in [0.3, 0.4) is 0 Å². The molecule has 35 heavy (non-hydrogen) atoms. The molecule has 0 aromatic heterocycles. The molecule has 3 atom stereocenters. The molecule has 1 fully saturated rings. The summed E-state index contributed by atoms with van der Waals surface area (Å²) in [6.07, 6.45) is -0.00787. The molecule has 0 amide bonds. The maximum atomic E-state index is 14.3. The van der Waals surface area contributed by atoms with Crippen LogP contribution in [0.5, 0.6) is 0 Å². The van der Waals surface area contributed by atoms with Gasteiger partial charge in [-0.05, 0) is 43.4 Å². The standard InChI is InChI=1S/C26H30O7P2/c1-24(27)26(18-21-12-6-3-7-13-21,19-22-14-8-4-9-15-22)25(2,34(28,29)30)33-35(24,31)32-20-23-16-10-5-11-17-23/h3-17,27H,18-20H2,1-2H3,(H2,28,29,30). The predicted octanol–water partition coefficient (Wildman–Crippen LogP) is 5.50. The minimum atomic E-state index is -5.11. The maximum Gasteiger partial charge on any atom is 0.363 e. The van der Waals surface area contributed by atoms with Gasteiger partial charge in [0.05, 0.1) is 12.0 Å². The molecule has 1 aliphatic rings. The van der Waals surface area contributed by atoms with Crippen LogP contribution in [0, 0.1) is 5.41 Å². The van der Waals surface area contributed by atoms with Crippen LogP contribution < -0.4 is 0 Å². The summed E-state index contributed by atoms with van der Waals surface area (Å²) < 4.78 is 38.9. The zero-order valence-electron chi connectivity index (χ0n) is 19.7. The first-order valence-electron chi connectivity index (χ1n) is 11.3. The summed E-state index contributed by atoms with van der Waals surface area (Å²) in [6, 6.07) is 27.0. The van der Waals surface area contributed by atoms with Gasteiger partial charge in [-0.2, -0.15) is 0 Å². The average Bonchev–Trinajstić information content (AvgIpc) is 2.95. The number of benzene rings is 3. The number of rotatable bonds is 8. The van der Waals surface area contributed by atoms with E-state index < -0.39 is 31.3 Å². The minimum Gasteiger partial charge on any atom is -0.377 e. The van der Waals surface area contributed by atoms with Crippen molar-refractivity contribution in [3.8, 4) is 0 Å². The lowest BCUT2D eigenvalue weighted by Crippen LogP contribution is -2.56. The molecule has 9 heteroatoms. The first kappa shape index (κ1) is 26.0. The molecule has 1 aliphatic heterocycles. The fourth-order valence-electron chi connectivity index (χ4n) is 4.94. The van der Waals surface area contributed by atoms with Crippen molar-refractivity contribution in [2.24, 2.45) is 5.41 Å². The third-order valence-corrected chi connectivity index (χ3v) is 11.5. The summed E-state index contributed by atoms with van der Waals surface area (Å²) in [5.74, 6) is 0. The van der Waals surface area contributed by atoms with Crippen LogP contribution in [0.15, 0.2) is 91.0 Å². The third kappa shape index (κ3) is 4.47. The van der Waals surface area contributed by atoms with Crippen molar-refractivity contribution in [3.63, 3.8) is 0 Å². The Bertz CT molecular complexity index is 1200. The minimum absolute atomic E-state index is 0.00394. The van der Waals surface area contributed by atoms with Gasteiger partial charge in [0.1, 0.15) is 0 Å². The van der Waals surface area contributed by atoms with E-state index in [1.807, 2.05) is 18.2 Å². The molecule has 3 aromatic carbocycles. The van der Waals surface area contributed by atoms with Gasteiger partial charge in [-0.1, -0.05) is 91.0 Å². The summed E-state index contributed by atoms with van der Waals surface area (Å²) >= 11 is 0. The van der Waals surface area contributed by atoms with Crippen molar-refractivity contribution in [1.82, 2.24) is 0 Å². The Kier molecular flexibility index (Phi) is 7.00. The van der Waals surface area contributed by atoms with E-state index in [2.05, 4.69) is 0 Å². The average molecular weight is 516 g/mol. The van der Waals surface area contributed by atoms with Gasteiger partial charge in [0.15, 0.2) is 10.7 Å². The second-order valence-corrected chi connectivity index (χ2v) is 13.6. The second kappa shape index (κ2) is 9.42. The molecule has 1 heterocycles. The van der Waals surface area contributed by atoms with E-state index in [9.17, 15) is 24.0 Å². The van der Waals surface area contributed by atoms with Gasteiger partial charge in [-0.25, -0.2) is 0 Å². The highest BCUT2D eigenvalue weighted by Crippen LogP contribution is 2.83. The van der Waals surface area contributed by atoms with Crippen LogP contribution in [-0.2, 0) is 37.6 Å². The molecular weight excluding hydrogens is 486 g/mol. The topological polar surface area (TPSA) is 113 Å². The largest absolute Gasteiger partial charge is 0.377 e. The quantitative estimate of drug-likeness (QED) is 0.339. The molecule has 3 aromatic rings. The molecule has 0 aliphatic carbocycles. The van der Waals surface area contributed by atoms with Crippen LogP contribution in [0.4, 0.5) is 0 Å². The molecule has 1 saturated heterocycles. The summed E-state index contributed by atoms with van der Waals surface area (Å²) in [7, 11) is -9.60. The van der Waals surface area contributed by atoms with E-state index in [4.69, 9.17) is 9.05 Å². The highest BCUT2D eigenvalue weighted by atomic mass is 31.2. The molecule has 3 unspecified atom stereocenters. The Hall–Kier alpha value is -2.08. The lowest BCUT2D eigenvalue weighted by molar-refractivity contribution is -0.0534. The molecular formula is C26H30O7P2. The van der Waals surface area contributed by atoms with Gasteiger partial charge in [0.2, 0.25) is 0 Å². The van der Waals surface area contributed by atoms with E-state index in [1.54, 1.807) is 72.8 Å². The van der Waals surface area contributed by atoms with Crippen LogP contribution in [0.1, 0.15) is 30.5 Å². The predicted molar refractivity (Wildman–Crippen MR) is 134 cm³/mol. The first-order valence-corrected chi connectivity index (χ1v) is 14.4. The molecule has 0 radical (unpaired) electrons. The van der Waals surface area contributed by atoms with Crippen molar-refractivity contribution in [3.05, 3.63) is 108 Å². The van der Waals surface area contributed by atoms with Crippen molar-refractivity contribution in [2.45, 2.75) is 44.0 Å². The van der Waals surface area contributed by atoms with E-state index in [1.165, 1.54) is 13.8 Å². The summed E-state index contributed by atoms with van der Waals surface area (Å²) in [5.41, 5.74) is 0.407. The number of aliphatic hydroxyl groups is 1. The molecule has 3 N–H and O–H groups in total. The van der Waals surface area contributed by atoms with Gasteiger partial charge in [0, 0.05) is 0 Å². The summed E-state index contributed by atoms with van der Waals surface area (Å²) in [5, 5.41) is 7.52. The van der Waals surface area contributed by atoms with Gasteiger partial charge < -0.3 is 19.4 Å². The van der Waals surface area contributed by atoms with Crippen molar-refractivity contribution < 1.29 is 33.1 Å². The molecule has 0 spiro atoms. The summed E-state index contributed by atoms with van der Waals surface area (Å²) in [4.78, 5) is 21.2. The lowest BCUT2D eigenvalue weighted by Gasteiger charge is -2.46. The zero-order chi connectivity index (χ0) is 25.4. The van der Waals surface area contributed by atoms with Crippen molar-refractivity contribution in [2.75, 3.05) is 0 Å². The fourth-order valence-corrected chi connectivity index (χ4v) is 9.05. The Balaban J connectivity index is 1.89. The van der Waals surface area contributed by atoms with Crippen LogP contribution in [0.25, 0.3) is 0 Å². The Labute approximate surface area is 205 Å². The molecule has 186 valence electrons. The molecule has 4 rings (SSSR count). The Morgan fingerprint density at radius 1 is 0.800 bits per heavy atom. The molecule has 0 saturated carbocycles. The van der Waals surface area contributed by atoms with Crippen molar-refractivity contribution >= 4 is 15.2 Å². The van der Waals surface area contributed by atoms with E-state index >= 15 is 0 Å². The second-order valence-electron chi connectivity index (χ2n) is 9.30. The van der Waals surface area contributed by atoms with Gasteiger partial charge >= 0.3 is 15.2 Å². The van der Waals surface area contributed by atoms with E-state index in [0.717, 1.165) is 0 Å².